The van der Waals surface area contributed by atoms with E-state index in [2.05, 4.69) is 4.98 Å². The average molecular weight is 268 g/mol. The smallest absolute Gasteiger partial charge is 0.234 e. The van der Waals surface area contributed by atoms with E-state index < -0.39 is 37.8 Å². The van der Waals surface area contributed by atoms with Crippen LogP contribution in [0.2, 0.25) is 5.15 Å². The first-order valence-corrected chi connectivity index (χ1v) is 5.61. The van der Waals surface area contributed by atoms with E-state index in [0.29, 0.717) is 6.07 Å². The van der Waals surface area contributed by atoms with Gasteiger partial charge in [0.2, 0.25) is 10.0 Å². The highest BCUT2D eigenvalue weighted by molar-refractivity contribution is 7.89. The van der Waals surface area contributed by atoms with Crippen molar-refractivity contribution in [2.75, 3.05) is 0 Å². The lowest BCUT2D eigenvalue weighted by molar-refractivity contribution is 0.146. The molecule has 0 radical (unpaired) electrons. The highest BCUT2D eigenvalue weighted by Crippen LogP contribution is 2.27. The molecule has 86 valence electrons. The molecule has 16 heavy (non-hydrogen) atoms. The molecule has 0 saturated heterocycles. The molecule has 0 aromatic carbocycles. The lowest BCUT2D eigenvalue weighted by Gasteiger charge is -2.06. The van der Waals surface area contributed by atoms with Crippen molar-refractivity contribution in [3.8, 4) is 6.07 Å². The Kier molecular flexibility index (Phi) is 3.42. The second-order valence-electron chi connectivity index (χ2n) is 2.67. The summed E-state index contributed by atoms with van der Waals surface area (Å²) in [5.74, 6) is 0. The predicted molar refractivity (Wildman–Crippen MR) is 50.3 cm³/mol. The summed E-state index contributed by atoms with van der Waals surface area (Å²) in [7, 11) is -4.28. The van der Waals surface area contributed by atoms with Crippen molar-refractivity contribution < 1.29 is 17.2 Å². The lowest BCUT2D eigenvalue weighted by Crippen LogP contribution is -2.15. The van der Waals surface area contributed by atoms with Gasteiger partial charge in [-0.3, -0.25) is 0 Å². The summed E-state index contributed by atoms with van der Waals surface area (Å²) in [4.78, 5) is 2.40. The van der Waals surface area contributed by atoms with Gasteiger partial charge < -0.3 is 0 Å². The van der Waals surface area contributed by atoms with Crippen molar-refractivity contribution in [2.45, 2.75) is 11.3 Å². The number of halogens is 3. The van der Waals surface area contributed by atoms with Gasteiger partial charge in [-0.2, -0.15) is 5.26 Å². The van der Waals surface area contributed by atoms with Gasteiger partial charge in [0.15, 0.2) is 5.15 Å². The van der Waals surface area contributed by atoms with Gasteiger partial charge in [-0.25, -0.2) is 27.3 Å². The van der Waals surface area contributed by atoms with Crippen molar-refractivity contribution in [1.29, 1.82) is 5.26 Å². The maximum atomic E-state index is 12.3. The number of nitrogens with zero attached hydrogens (tertiary/aromatic N) is 2. The SMILES string of the molecule is N#Cc1cc(C(F)F)nc(Cl)c1S(N)(=O)=O. The molecule has 9 heteroatoms. The summed E-state index contributed by atoms with van der Waals surface area (Å²) < 4.78 is 46.6. The minimum atomic E-state index is -4.28. The maximum absolute atomic E-state index is 12.3. The van der Waals surface area contributed by atoms with Crippen LogP contribution in [0.25, 0.3) is 0 Å². The van der Waals surface area contributed by atoms with Crippen LogP contribution >= 0.6 is 11.6 Å². The molecule has 1 aromatic rings. The largest absolute Gasteiger partial charge is 0.280 e. The van der Waals surface area contributed by atoms with Gasteiger partial charge in [0.05, 0.1) is 5.56 Å². The normalized spacial score (nSPS) is 11.5. The fourth-order valence-electron chi connectivity index (χ4n) is 0.986. The van der Waals surface area contributed by atoms with Crippen LogP contribution in [0.4, 0.5) is 8.78 Å². The third kappa shape index (κ3) is 2.44. The fraction of sp³-hybridized carbons (Fsp3) is 0.143. The molecule has 0 spiro atoms. The zero-order chi connectivity index (χ0) is 12.5. The second-order valence-corrected chi connectivity index (χ2v) is 4.53. The summed E-state index contributed by atoms with van der Waals surface area (Å²) in [5, 5.41) is 12.6. The maximum Gasteiger partial charge on any atom is 0.280 e. The first-order chi connectivity index (χ1) is 7.27. The van der Waals surface area contributed by atoms with Crippen LogP contribution < -0.4 is 5.14 Å². The van der Waals surface area contributed by atoms with E-state index in [1.807, 2.05) is 0 Å². The summed E-state index contributed by atoms with van der Waals surface area (Å²) in [5.41, 5.74) is -1.34. The van der Waals surface area contributed by atoms with Gasteiger partial charge in [-0.1, -0.05) is 11.6 Å². The predicted octanol–water partition coefficient (Wildman–Crippen LogP) is 1.19. The Hall–Kier alpha value is -1.30. The van der Waals surface area contributed by atoms with Gasteiger partial charge in [0.1, 0.15) is 16.7 Å². The second kappa shape index (κ2) is 4.29. The van der Waals surface area contributed by atoms with E-state index in [-0.39, 0.29) is 0 Å². The molecule has 0 unspecified atom stereocenters. The van der Waals surface area contributed by atoms with E-state index in [1.165, 1.54) is 6.07 Å². The summed E-state index contributed by atoms with van der Waals surface area (Å²) in [6.45, 7) is 0. The van der Waals surface area contributed by atoms with Crippen molar-refractivity contribution in [2.24, 2.45) is 5.14 Å². The number of hydrogen-bond donors (Lipinski definition) is 1. The highest BCUT2D eigenvalue weighted by atomic mass is 35.5. The highest BCUT2D eigenvalue weighted by Gasteiger charge is 2.23. The molecule has 0 aliphatic rings. The van der Waals surface area contributed by atoms with Crippen LogP contribution in [0.15, 0.2) is 11.0 Å². The molecule has 1 heterocycles. The standard InChI is InChI=1S/C7H4ClF2N3O2S/c8-6-5(16(12,14)15)3(2-11)1-4(13-6)7(9)10/h1,7H,(H2,12,14,15). The third-order valence-electron chi connectivity index (χ3n) is 1.58. The summed E-state index contributed by atoms with van der Waals surface area (Å²) >= 11 is 5.39. The van der Waals surface area contributed by atoms with Crippen molar-refractivity contribution in [3.05, 3.63) is 22.5 Å². The quantitative estimate of drug-likeness (QED) is 0.814. The van der Waals surface area contributed by atoms with E-state index in [0.717, 1.165) is 0 Å². The molecule has 2 N–H and O–H groups in total. The first-order valence-electron chi connectivity index (χ1n) is 3.69. The van der Waals surface area contributed by atoms with E-state index in [1.54, 1.807) is 0 Å². The molecule has 0 saturated carbocycles. The van der Waals surface area contributed by atoms with Crippen LogP contribution in [0.5, 0.6) is 0 Å². The van der Waals surface area contributed by atoms with E-state index in [9.17, 15) is 17.2 Å². The first kappa shape index (κ1) is 12.8. The number of rotatable bonds is 2. The molecule has 0 amide bonds. The van der Waals surface area contributed by atoms with Crippen LogP contribution in [-0.4, -0.2) is 13.4 Å². The Morgan fingerprint density at radius 2 is 2.12 bits per heavy atom. The topological polar surface area (TPSA) is 96.8 Å². The molecular weight excluding hydrogens is 264 g/mol. The number of alkyl halides is 2. The zero-order valence-electron chi connectivity index (χ0n) is 7.49. The molecule has 0 aliphatic heterocycles. The Morgan fingerprint density at radius 3 is 2.50 bits per heavy atom. The van der Waals surface area contributed by atoms with Gasteiger partial charge >= 0.3 is 0 Å². The lowest BCUT2D eigenvalue weighted by atomic mass is 10.2. The molecule has 0 fully saturated rings. The number of pyridine rings is 1. The number of aromatic nitrogens is 1. The molecule has 0 atom stereocenters. The number of hydrogen-bond acceptors (Lipinski definition) is 4. The number of nitrogens with two attached hydrogens (primary N) is 1. The Labute approximate surface area is 94.5 Å². The molecular formula is C7H4ClF2N3O2S. The molecule has 1 rings (SSSR count). The van der Waals surface area contributed by atoms with Gasteiger partial charge in [0.25, 0.3) is 6.43 Å². The van der Waals surface area contributed by atoms with E-state index >= 15 is 0 Å². The number of primary sulfonamides is 1. The van der Waals surface area contributed by atoms with Crippen LogP contribution in [-0.2, 0) is 10.0 Å². The molecule has 1 aromatic heterocycles. The van der Waals surface area contributed by atoms with Gasteiger partial charge in [0, 0.05) is 0 Å². The molecule has 0 aliphatic carbocycles. The molecule has 5 nitrogen and oxygen atoms in total. The monoisotopic (exact) mass is 267 g/mol. The third-order valence-corrected chi connectivity index (χ3v) is 2.95. The van der Waals surface area contributed by atoms with Crippen LogP contribution in [0.3, 0.4) is 0 Å². The molecule has 0 bridgehead atoms. The van der Waals surface area contributed by atoms with Crippen molar-refractivity contribution >= 4 is 21.6 Å². The average Bonchev–Trinajstić information content (AvgIpc) is 2.14. The van der Waals surface area contributed by atoms with Crippen molar-refractivity contribution in [1.82, 2.24) is 4.98 Å². The van der Waals surface area contributed by atoms with Crippen LogP contribution in [0.1, 0.15) is 17.7 Å². The minimum absolute atomic E-state index is 0.558. The number of nitriles is 1. The Morgan fingerprint density at radius 1 is 1.56 bits per heavy atom. The zero-order valence-corrected chi connectivity index (χ0v) is 9.06. The number of sulfonamides is 1. The Balaban J connectivity index is 3.62. The van der Waals surface area contributed by atoms with E-state index in [4.69, 9.17) is 22.0 Å². The van der Waals surface area contributed by atoms with Crippen LogP contribution in [0, 0.1) is 11.3 Å². The van der Waals surface area contributed by atoms with Gasteiger partial charge in [-0.15, -0.1) is 0 Å². The van der Waals surface area contributed by atoms with Crippen molar-refractivity contribution in [3.63, 3.8) is 0 Å². The fourth-order valence-corrected chi connectivity index (χ4v) is 2.20. The van der Waals surface area contributed by atoms with Gasteiger partial charge in [-0.05, 0) is 6.07 Å². The minimum Gasteiger partial charge on any atom is -0.234 e. The Bertz CT molecular complexity index is 568. The summed E-state index contributed by atoms with van der Waals surface area (Å²) in [6, 6.07) is 2.06. The summed E-state index contributed by atoms with van der Waals surface area (Å²) in [6.07, 6.45) is -2.96.